The molecule has 0 bridgehead atoms. The summed E-state index contributed by atoms with van der Waals surface area (Å²) in [5.41, 5.74) is 1.68. The molecule has 1 unspecified atom stereocenters. The smallest absolute Gasteiger partial charge is 0.161 e. The number of rotatable bonds is 5. The van der Waals surface area contributed by atoms with E-state index >= 15 is 0 Å². The van der Waals surface area contributed by atoms with E-state index in [9.17, 15) is 10.1 Å². The zero-order valence-electron chi connectivity index (χ0n) is 12.5. The van der Waals surface area contributed by atoms with Crippen molar-refractivity contribution in [2.45, 2.75) is 12.3 Å². The van der Waals surface area contributed by atoms with Crippen molar-refractivity contribution in [2.75, 3.05) is 7.11 Å². The Morgan fingerprint density at radius 1 is 1.26 bits per heavy atom. The molecule has 0 saturated heterocycles. The van der Waals surface area contributed by atoms with Gasteiger partial charge in [0.2, 0.25) is 0 Å². The fourth-order valence-corrected chi connectivity index (χ4v) is 3.36. The number of carbonyl (C=O) groups excluding carboxylic acids is 1. The van der Waals surface area contributed by atoms with E-state index < -0.39 is 5.92 Å². The Labute approximate surface area is 138 Å². The molecule has 0 aliphatic heterocycles. The second-order valence-corrected chi connectivity index (χ2v) is 6.14. The van der Waals surface area contributed by atoms with E-state index in [1.807, 2.05) is 48.5 Å². The summed E-state index contributed by atoms with van der Waals surface area (Å²) in [7, 11) is 1.60. The van der Waals surface area contributed by atoms with Gasteiger partial charge in [0.15, 0.2) is 11.7 Å². The molecule has 4 nitrogen and oxygen atoms in total. The number of nitriles is 1. The van der Waals surface area contributed by atoms with Crippen LogP contribution in [0.2, 0.25) is 0 Å². The Morgan fingerprint density at radius 3 is 2.65 bits per heavy atom. The van der Waals surface area contributed by atoms with Crippen LogP contribution < -0.4 is 4.74 Å². The molecular weight excluding hydrogens is 308 g/mol. The molecule has 0 aliphatic rings. The molecule has 0 radical (unpaired) electrons. The Hall–Kier alpha value is -2.71. The molecule has 1 atom stereocenters. The monoisotopic (exact) mass is 322 g/mol. The van der Waals surface area contributed by atoms with Gasteiger partial charge in [-0.05, 0) is 29.8 Å². The van der Waals surface area contributed by atoms with Crippen molar-refractivity contribution < 1.29 is 9.53 Å². The molecule has 0 amide bonds. The number of hydrogen-bond acceptors (Lipinski definition) is 5. The predicted molar refractivity (Wildman–Crippen MR) is 89.7 cm³/mol. The van der Waals surface area contributed by atoms with Crippen LogP contribution in [0.25, 0.3) is 10.2 Å². The van der Waals surface area contributed by atoms with Crippen LogP contribution in [0.4, 0.5) is 0 Å². The van der Waals surface area contributed by atoms with Gasteiger partial charge in [-0.1, -0.05) is 24.3 Å². The van der Waals surface area contributed by atoms with E-state index in [-0.39, 0.29) is 12.2 Å². The summed E-state index contributed by atoms with van der Waals surface area (Å²) >= 11 is 1.40. The number of thiazole rings is 1. The van der Waals surface area contributed by atoms with Gasteiger partial charge in [0.25, 0.3) is 0 Å². The lowest BCUT2D eigenvalue weighted by Crippen LogP contribution is -2.13. The molecule has 0 fully saturated rings. The summed E-state index contributed by atoms with van der Waals surface area (Å²) in [4.78, 5) is 16.9. The zero-order chi connectivity index (χ0) is 16.2. The third-order valence-electron chi connectivity index (χ3n) is 3.55. The number of Topliss-reactive ketones (excluding diaryl/α,β-unsaturated/α-hetero) is 1. The lowest BCUT2D eigenvalue weighted by molar-refractivity contribution is -0.118. The molecule has 0 spiro atoms. The van der Waals surface area contributed by atoms with Crippen molar-refractivity contribution in [3.05, 3.63) is 59.1 Å². The van der Waals surface area contributed by atoms with Crippen LogP contribution in [0, 0.1) is 11.3 Å². The van der Waals surface area contributed by atoms with Crippen LogP contribution in [0.1, 0.15) is 16.5 Å². The van der Waals surface area contributed by atoms with Gasteiger partial charge in [-0.25, -0.2) is 4.98 Å². The lowest BCUT2D eigenvalue weighted by atomic mass is 9.99. The Kier molecular flexibility index (Phi) is 4.35. The van der Waals surface area contributed by atoms with Gasteiger partial charge in [-0.2, -0.15) is 5.26 Å². The first-order valence-corrected chi connectivity index (χ1v) is 7.93. The van der Waals surface area contributed by atoms with Crippen molar-refractivity contribution in [2.24, 2.45) is 0 Å². The van der Waals surface area contributed by atoms with Gasteiger partial charge in [-0.3, -0.25) is 4.79 Å². The predicted octanol–water partition coefficient (Wildman–Crippen LogP) is 3.72. The first-order valence-electron chi connectivity index (χ1n) is 7.12. The second kappa shape index (κ2) is 6.59. The van der Waals surface area contributed by atoms with Crippen molar-refractivity contribution in [1.82, 2.24) is 4.98 Å². The molecule has 114 valence electrons. The van der Waals surface area contributed by atoms with Gasteiger partial charge >= 0.3 is 0 Å². The SMILES string of the molecule is COc1ccc(CC(=O)C(C#N)c2nc3ccccc3s2)cc1. The molecule has 3 aromatic rings. The minimum atomic E-state index is -0.825. The third-order valence-corrected chi connectivity index (χ3v) is 4.65. The molecular formula is C18H14N2O2S. The topological polar surface area (TPSA) is 63.0 Å². The standard InChI is InChI=1S/C18H14N2O2S/c1-22-13-8-6-12(7-9-13)10-16(21)14(11-19)18-20-15-4-2-3-5-17(15)23-18/h2-9,14H,10H2,1H3. The summed E-state index contributed by atoms with van der Waals surface area (Å²) in [5, 5.41) is 9.97. The minimum Gasteiger partial charge on any atom is -0.497 e. The van der Waals surface area contributed by atoms with Crippen LogP contribution in [0.3, 0.4) is 0 Å². The van der Waals surface area contributed by atoms with Gasteiger partial charge in [-0.15, -0.1) is 11.3 Å². The van der Waals surface area contributed by atoms with Crippen LogP contribution in [-0.2, 0) is 11.2 Å². The largest absolute Gasteiger partial charge is 0.497 e. The van der Waals surface area contributed by atoms with Crippen LogP contribution in [0.15, 0.2) is 48.5 Å². The maximum atomic E-state index is 12.5. The van der Waals surface area contributed by atoms with E-state index in [4.69, 9.17) is 4.74 Å². The van der Waals surface area contributed by atoms with E-state index in [0.29, 0.717) is 5.01 Å². The van der Waals surface area contributed by atoms with Crippen molar-refractivity contribution >= 4 is 27.3 Å². The van der Waals surface area contributed by atoms with Gasteiger partial charge in [0.1, 0.15) is 10.8 Å². The molecule has 0 saturated carbocycles. The highest BCUT2D eigenvalue weighted by Gasteiger charge is 2.24. The molecule has 5 heteroatoms. The van der Waals surface area contributed by atoms with Gasteiger partial charge in [0, 0.05) is 6.42 Å². The number of ketones is 1. The first-order chi connectivity index (χ1) is 11.2. The third kappa shape index (κ3) is 3.22. The zero-order valence-corrected chi connectivity index (χ0v) is 13.3. The van der Waals surface area contributed by atoms with Crippen LogP contribution in [0.5, 0.6) is 5.75 Å². The number of hydrogen-bond donors (Lipinski definition) is 0. The number of aromatic nitrogens is 1. The summed E-state index contributed by atoms with van der Waals surface area (Å²) in [6.07, 6.45) is 0.206. The Balaban J connectivity index is 1.82. The minimum absolute atomic E-state index is 0.142. The molecule has 23 heavy (non-hydrogen) atoms. The van der Waals surface area contributed by atoms with Crippen LogP contribution in [-0.4, -0.2) is 17.9 Å². The molecule has 0 N–H and O–H groups in total. The van der Waals surface area contributed by atoms with Crippen molar-refractivity contribution in [3.63, 3.8) is 0 Å². The fourth-order valence-electron chi connectivity index (χ4n) is 2.33. The van der Waals surface area contributed by atoms with Crippen molar-refractivity contribution in [1.29, 1.82) is 5.26 Å². The molecule has 2 aromatic carbocycles. The van der Waals surface area contributed by atoms with Gasteiger partial charge < -0.3 is 4.74 Å². The molecule has 3 rings (SSSR count). The first kappa shape index (κ1) is 15.2. The fraction of sp³-hybridized carbons (Fsp3) is 0.167. The maximum absolute atomic E-state index is 12.5. The number of nitrogens with zero attached hydrogens (tertiary/aromatic N) is 2. The second-order valence-electron chi connectivity index (χ2n) is 5.07. The average Bonchev–Trinajstić information content (AvgIpc) is 2.99. The number of benzene rings is 2. The highest BCUT2D eigenvalue weighted by Crippen LogP contribution is 2.28. The van der Waals surface area contributed by atoms with Crippen molar-refractivity contribution in [3.8, 4) is 11.8 Å². The lowest BCUT2D eigenvalue weighted by Gasteiger charge is -2.06. The Morgan fingerprint density at radius 2 is 2.00 bits per heavy atom. The molecule has 0 aliphatic carbocycles. The highest BCUT2D eigenvalue weighted by atomic mass is 32.1. The molecule has 1 aromatic heterocycles. The molecule has 1 heterocycles. The maximum Gasteiger partial charge on any atom is 0.161 e. The number of carbonyl (C=O) groups is 1. The Bertz CT molecular complexity index is 845. The van der Waals surface area contributed by atoms with E-state index in [1.54, 1.807) is 7.11 Å². The number of ether oxygens (including phenoxy) is 1. The van der Waals surface area contributed by atoms with Gasteiger partial charge in [0.05, 0.1) is 23.4 Å². The van der Waals surface area contributed by atoms with E-state index in [0.717, 1.165) is 21.5 Å². The van der Waals surface area contributed by atoms with E-state index in [1.165, 1.54) is 11.3 Å². The quantitative estimate of drug-likeness (QED) is 0.718. The normalized spacial score (nSPS) is 11.8. The summed E-state index contributed by atoms with van der Waals surface area (Å²) in [5.74, 6) is -0.226. The van der Waals surface area contributed by atoms with Crippen LogP contribution >= 0.6 is 11.3 Å². The summed E-state index contributed by atoms with van der Waals surface area (Å²) in [6.45, 7) is 0. The number of methoxy groups -OCH3 is 1. The summed E-state index contributed by atoms with van der Waals surface area (Å²) in [6, 6.07) is 17.0. The summed E-state index contributed by atoms with van der Waals surface area (Å²) < 4.78 is 6.09. The average molecular weight is 322 g/mol. The highest BCUT2D eigenvalue weighted by molar-refractivity contribution is 7.18. The number of fused-ring (bicyclic) bond motifs is 1. The van der Waals surface area contributed by atoms with E-state index in [2.05, 4.69) is 11.1 Å². The number of para-hydroxylation sites is 1.